The smallest absolute Gasteiger partial charge is 0.314 e. The van der Waals surface area contributed by atoms with E-state index in [0.717, 1.165) is 25.9 Å². The first-order chi connectivity index (χ1) is 10.8. The van der Waals surface area contributed by atoms with Crippen molar-refractivity contribution >= 4 is 6.03 Å². The van der Waals surface area contributed by atoms with Crippen LogP contribution in [0.4, 0.5) is 4.79 Å². The quantitative estimate of drug-likeness (QED) is 0.713. The van der Waals surface area contributed by atoms with Crippen LogP contribution >= 0.6 is 0 Å². The van der Waals surface area contributed by atoms with Crippen molar-refractivity contribution in [1.82, 2.24) is 15.5 Å². The van der Waals surface area contributed by atoms with Crippen molar-refractivity contribution < 1.29 is 9.90 Å². The summed E-state index contributed by atoms with van der Waals surface area (Å²) in [5.41, 5.74) is 1.22. The van der Waals surface area contributed by atoms with E-state index in [9.17, 15) is 9.90 Å². The maximum absolute atomic E-state index is 11.7. The first-order valence-corrected chi connectivity index (χ1v) is 8.20. The summed E-state index contributed by atoms with van der Waals surface area (Å²) in [6.07, 6.45) is 4.27. The molecule has 3 N–H and O–H groups in total. The van der Waals surface area contributed by atoms with Gasteiger partial charge in [0.05, 0.1) is 6.61 Å². The van der Waals surface area contributed by atoms with Crippen LogP contribution in [0.15, 0.2) is 30.3 Å². The first-order valence-electron chi connectivity index (χ1n) is 8.20. The Morgan fingerprint density at radius 1 is 1.18 bits per heavy atom. The molecule has 1 aromatic rings. The van der Waals surface area contributed by atoms with E-state index in [1.165, 1.54) is 18.4 Å². The standard InChI is InChI=1S/C17H27N3O2/c21-14-16-8-4-5-12-20(16)13-11-19-17(22)18-10-9-15-6-2-1-3-7-15/h1-3,6-7,16,21H,4-5,8-14H2,(H2,18,19,22). The Morgan fingerprint density at radius 3 is 2.73 bits per heavy atom. The number of carbonyl (C=O) groups excluding carboxylic acids is 1. The molecule has 5 heteroatoms. The molecule has 0 aromatic heterocycles. The van der Waals surface area contributed by atoms with Gasteiger partial charge < -0.3 is 15.7 Å². The van der Waals surface area contributed by atoms with Gasteiger partial charge in [0, 0.05) is 25.7 Å². The van der Waals surface area contributed by atoms with Crippen LogP contribution in [0.25, 0.3) is 0 Å². The number of hydrogen-bond acceptors (Lipinski definition) is 3. The van der Waals surface area contributed by atoms with E-state index in [1.807, 2.05) is 18.2 Å². The highest BCUT2D eigenvalue weighted by molar-refractivity contribution is 5.73. The summed E-state index contributed by atoms with van der Waals surface area (Å²) in [5, 5.41) is 15.1. The predicted octanol–water partition coefficient (Wildman–Crippen LogP) is 1.38. The highest BCUT2D eigenvalue weighted by Crippen LogP contribution is 2.15. The molecule has 0 radical (unpaired) electrons. The van der Waals surface area contributed by atoms with E-state index in [1.54, 1.807) is 0 Å². The third kappa shape index (κ3) is 5.66. The second-order valence-corrected chi connectivity index (χ2v) is 5.79. The lowest BCUT2D eigenvalue weighted by Gasteiger charge is -2.34. The topological polar surface area (TPSA) is 64.6 Å². The van der Waals surface area contributed by atoms with Gasteiger partial charge in [-0.3, -0.25) is 4.90 Å². The molecule has 0 bridgehead atoms. The van der Waals surface area contributed by atoms with Crippen molar-refractivity contribution in [3.63, 3.8) is 0 Å². The Hall–Kier alpha value is -1.59. The second-order valence-electron chi connectivity index (χ2n) is 5.79. The van der Waals surface area contributed by atoms with Crippen molar-refractivity contribution in [3.8, 4) is 0 Å². The van der Waals surface area contributed by atoms with Crippen LogP contribution in [0.5, 0.6) is 0 Å². The van der Waals surface area contributed by atoms with E-state index in [0.29, 0.717) is 13.1 Å². The summed E-state index contributed by atoms with van der Waals surface area (Å²) in [7, 11) is 0. The van der Waals surface area contributed by atoms with Crippen molar-refractivity contribution in [1.29, 1.82) is 0 Å². The Balaban J connectivity index is 1.57. The molecule has 0 aliphatic carbocycles. The summed E-state index contributed by atoms with van der Waals surface area (Å²) in [6, 6.07) is 10.3. The van der Waals surface area contributed by atoms with E-state index in [2.05, 4.69) is 27.7 Å². The van der Waals surface area contributed by atoms with E-state index in [-0.39, 0.29) is 18.7 Å². The molecule has 1 aromatic carbocycles. The van der Waals surface area contributed by atoms with Crippen molar-refractivity contribution in [2.45, 2.75) is 31.7 Å². The van der Waals surface area contributed by atoms with Crippen LogP contribution in [0.3, 0.4) is 0 Å². The minimum absolute atomic E-state index is 0.117. The zero-order valence-electron chi connectivity index (χ0n) is 13.1. The molecule has 5 nitrogen and oxygen atoms in total. The summed E-state index contributed by atoms with van der Waals surface area (Å²) in [5.74, 6) is 0. The van der Waals surface area contributed by atoms with Gasteiger partial charge in [0.1, 0.15) is 0 Å². The first kappa shape index (κ1) is 16.8. The number of amides is 2. The molecule has 1 fully saturated rings. The summed E-state index contributed by atoms with van der Waals surface area (Å²) in [4.78, 5) is 14.0. The van der Waals surface area contributed by atoms with Gasteiger partial charge in [-0.2, -0.15) is 0 Å². The van der Waals surface area contributed by atoms with E-state index >= 15 is 0 Å². The summed E-state index contributed by atoms with van der Waals surface area (Å²) >= 11 is 0. The van der Waals surface area contributed by atoms with Crippen LogP contribution in [0.1, 0.15) is 24.8 Å². The molecule has 1 heterocycles. The summed E-state index contributed by atoms with van der Waals surface area (Å²) in [6.45, 7) is 3.29. The number of urea groups is 1. The average Bonchev–Trinajstić information content (AvgIpc) is 2.56. The largest absolute Gasteiger partial charge is 0.395 e. The van der Waals surface area contributed by atoms with Gasteiger partial charge in [-0.1, -0.05) is 36.8 Å². The number of benzene rings is 1. The molecular formula is C17H27N3O2. The molecule has 1 saturated heterocycles. The lowest BCUT2D eigenvalue weighted by molar-refractivity contribution is 0.0915. The monoisotopic (exact) mass is 305 g/mol. The normalized spacial score (nSPS) is 18.9. The zero-order valence-corrected chi connectivity index (χ0v) is 13.1. The van der Waals surface area contributed by atoms with Gasteiger partial charge in [0.2, 0.25) is 0 Å². The number of carbonyl (C=O) groups is 1. The molecule has 0 saturated carbocycles. The van der Waals surface area contributed by atoms with Crippen LogP contribution in [-0.4, -0.2) is 54.9 Å². The zero-order chi connectivity index (χ0) is 15.6. The van der Waals surface area contributed by atoms with Gasteiger partial charge >= 0.3 is 6.03 Å². The van der Waals surface area contributed by atoms with Gasteiger partial charge in [0.25, 0.3) is 0 Å². The van der Waals surface area contributed by atoms with Gasteiger partial charge in [-0.05, 0) is 31.4 Å². The third-order valence-corrected chi connectivity index (χ3v) is 4.19. The van der Waals surface area contributed by atoms with Crippen LogP contribution in [0.2, 0.25) is 0 Å². The number of aliphatic hydroxyl groups excluding tert-OH is 1. The number of hydrogen-bond donors (Lipinski definition) is 3. The van der Waals surface area contributed by atoms with Gasteiger partial charge in [-0.25, -0.2) is 4.79 Å². The Bertz CT molecular complexity index is 439. The molecule has 1 aliphatic heterocycles. The van der Waals surface area contributed by atoms with Crippen molar-refractivity contribution in [2.24, 2.45) is 0 Å². The number of piperidine rings is 1. The van der Waals surface area contributed by atoms with E-state index in [4.69, 9.17) is 0 Å². The maximum Gasteiger partial charge on any atom is 0.314 e. The fraction of sp³-hybridized carbons (Fsp3) is 0.588. The second kappa shape index (κ2) is 9.43. The fourth-order valence-electron chi connectivity index (χ4n) is 2.90. The molecular weight excluding hydrogens is 278 g/mol. The molecule has 2 amide bonds. The predicted molar refractivity (Wildman–Crippen MR) is 87.8 cm³/mol. The van der Waals surface area contributed by atoms with Crippen LogP contribution in [0, 0.1) is 0 Å². The minimum atomic E-state index is -0.117. The summed E-state index contributed by atoms with van der Waals surface area (Å²) < 4.78 is 0. The number of nitrogens with zero attached hydrogens (tertiary/aromatic N) is 1. The minimum Gasteiger partial charge on any atom is -0.395 e. The SMILES string of the molecule is O=C(NCCc1ccccc1)NCCN1CCCCC1CO. The molecule has 0 spiro atoms. The van der Waals surface area contributed by atoms with Crippen molar-refractivity contribution in [3.05, 3.63) is 35.9 Å². The number of aliphatic hydroxyl groups is 1. The lowest BCUT2D eigenvalue weighted by Crippen LogP contribution is -2.47. The van der Waals surface area contributed by atoms with Gasteiger partial charge in [-0.15, -0.1) is 0 Å². The number of likely N-dealkylation sites (tertiary alicyclic amines) is 1. The average molecular weight is 305 g/mol. The highest BCUT2D eigenvalue weighted by atomic mass is 16.3. The molecule has 2 rings (SSSR count). The Kier molecular flexibility index (Phi) is 7.19. The molecule has 1 unspecified atom stereocenters. The van der Waals surface area contributed by atoms with Crippen LogP contribution < -0.4 is 10.6 Å². The number of nitrogens with one attached hydrogen (secondary N) is 2. The highest BCUT2D eigenvalue weighted by Gasteiger charge is 2.20. The maximum atomic E-state index is 11.7. The molecule has 22 heavy (non-hydrogen) atoms. The Morgan fingerprint density at radius 2 is 1.95 bits per heavy atom. The van der Waals surface area contributed by atoms with E-state index < -0.39 is 0 Å². The molecule has 1 atom stereocenters. The van der Waals surface area contributed by atoms with Gasteiger partial charge in [0.15, 0.2) is 0 Å². The number of rotatable bonds is 7. The lowest BCUT2D eigenvalue weighted by atomic mass is 10.0. The van der Waals surface area contributed by atoms with Crippen LogP contribution in [-0.2, 0) is 6.42 Å². The Labute approximate surface area is 132 Å². The fourth-order valence-corrected chi connectivity index (χ4v) is 2.90. The van der Waals surface area contributed by atoms with Crippen molar-refractivity contribution in [2.75, 3.05) is 32.8 Å². The third-order valence-electron chi connectivity index (χ3n) is 4.19. The molecule has 122 valence electrons. The molecule has 1 aliphatic rings.